The zero-order valence-electron chi connectivity index (χ0n) is 8.85. The molecule has 0 N–H and O–H groups in total. The Kier molecular flexibility index (Phi) is 2.92. The van der Waals surface area contributed by atoms with Crippen molar-refractivity contribution in [2.75, 3.05) is 6.54 Å². The van der Waals surface area contributed by atoms with Gasteiger partial charge in [-0.1, -0.05) is 27.7 Å². The van der Waals surface area contributed by atoms with E-state index < -0.39 is 0 Å². The maximum Gasteiger partial charge on any atom is 0.0392 e. The van der Waals surface area contributed by atoms with Crippen LogP contribution < -0.4 is 0 Å². The van der Waals surface area contributed by atoms with Crippen LogP contribution in [0.25, 0.3) is 0 Å². The lowest BCUT2D eigenvalue weighted by Crippen LogP contribution is -2.31. The van der Waals surface area contributed by atoms with Crippen molar-refractivity contribution < 1.29 is 0 Å². The molecule has 70 valence electrons. The van der Waals surface area contributed by atoms with Crippen molar-refractivity contribution in [3.63, 3.8) is 0 Å². The van der Waals surface area contributed by atoms with Crippen LogP contribution in [0, 0.1) is 11.3 Å². The molecule has 0 amide bonds. The van der Waals surface area contributed by atoms with Crippen molar-refractivity contribution in [2.45, 2.75) is 47.0 Å². The normalized spacial score (nSPS) is 22.6. The van der Waals surface area contributed by atoms with Gasteiger partial charge in [0.05, 0.1) is 0 Å². The first-order valence-electron chi connectivity index (χ1n) is 5.15. The summed E-state index contributed by atoms with van der Waals surface area (Å²) in [5.74, 6) is 0.722. The Hall–Kier alpha value is -0.330. The largest absolute Gasteiger partial charge is 0.294 e. The van der Waals surface area contributed by atoms with Crippen LogP contribution in [0.5, 0.6) is 0 Å². The SMILES string of the molecule is CCC(C)(C1=NCCC1)C(C)C. The summed E-state index contributed by atoms with van der Waals surface area (Å²) < 4.78 is 0. The number of aliphatic imine (C=N–C) groups is 1. The highest BCUT2D eigenvalue weighted by Crippen LogP contribution is 2.35. The van der Waals surface area contributed by atoms with Gasteiger partial charge in [0.1, 0.15) is 0 Å². The van der Waals surface area contributed by atoms with Gasteiger partial charge in [-0.2, -0.15) is 0 Å². The lowest BCUT2D eigenvalue weighted by atomic mass is 9.72. The number of rotatable bonds is 3. The minimum absolute atomic E-state index is 0.372. The molecule has 0 saturated heterocycles. The first-order valence-corrected chi connectivity index (χ1v) is 5.15. The van der Waals surface area contributed by atoms with Crippen LogP contribution in [-0.4, -0.2) is 12.3 Å². The highest BCUT2D eigenvalue weighted by atomic mass is 14.8. The molecule has 0 saturated carbocycles. The zero-order valence-corrected chi connectivity index (χ0v) is 8.85. The molecule has 0 bridgehead atoms. The Balaban J connectivity index is 2.78. The number of hydrogen-bond acceptors (Lipinski definition) is 1. The summed E-state index contributed by atoms with van der Waals surface area (Å²) >= 11 is 0. The molecule has 1 heteroatoms. The maximum absolute atomic E-state index is 4.62. The predicted molar refractivity (Wildman–Crippen MR) is 54.8 cm³/mol. The summed E-state index contributed by atoms with van der Waals surface area (Å²) in [6.07, 6.45) is 3.74. The fourth-order valence-corrected chi connectivity index (χ4v) is 1.95. The minimum atomic E-state index is 0.372. The van der Waals surface area contributed by atoms with Crippen molar-refractivity contribution >= 4 is 5.71 Å². The molecule has 0 aromatic heterocycles. The van der Waals surface area contributed by atoms with E-state index in [1.807, 2.05) is 0 Å². The van der Waals surface area contributed by atoms with Crippen molar-refractivity contribution in [1.82, 2.24) is 0 Å². The van der Waals surface area contributed by atoms with Crippen LogP contribution in [0.15, 0.2) is 4.99 Å². The standard InChI is InChI=1S/C11H21N/c1-5-11(4,9(2)3)10-7-6-8-12-10/h9H,5-8H2,1-4H3. The molecule has 1 atom stereocenters. The Morgan fingerprint density at radius 3 is 2.50 bits per heavy atom. The summed E-state index contributed by atoms with van der Waals surface area (Å²) in [6, 6.07) is 0. The zero-order chi connectivity index (χ0) is 9.19. The molecule has 1 rings (SSSR count). The first kappa shape index (κ1) is 9.76. The predicted octanol–water partition coefficient (Wildman–Crippen LogP) is 3.29. The van der Waals surface area contributed by atoms with Gasteiger partial charge in [-0.3, -0.25) is 4.99 Å². The summed E-state index contributed by atoms with van der Waals surface area (Å²) in [5.41, 5.74) is 1.84. The summed E-state index contributed by atoms with van der Waals surface area (Å²) in [4.78, 5) is 4.62. The first-order chi connectivity index (χ1) is 5.61. The molecular weight excluding hydrogens is 146 g/mol. The third-order valence-corrected chi connectivity index (χ3v) is 3.54. The Bertz CT molecular complexity index is 181. The Morgan fingerprint density at radius 2 is 2.17 bits per heavy atom. The Morgan fingerprint density at radius 1 is 1.50 bits per heavy atom. The monoisotopic (exact) mass is 167 g/mol. The van der Waals surface area contributed by atoms with E-state index >= 15 is 0 Å². The van der Waals surface area contributed by atoms with Gasteiger partial charge in [-0.15, -0.1) is 0 Å². The van der Waals surface area contributed by atoms with E-state index in [4.69, 9.17) is 0 Å². The third kappa shape index (κ3) is 1.55. The Labute approximate surface area is 76.3 Å². The average molecular weight is 167 g/mol. The van der Waals surface area contributed by atoms with Crippen LogP contribution in [0.2, 0.25) is 0 Å². The molecule has 0 spiro atoms. The van der Waals surface area contributed by atoms with E-state index in [0.717, 1.165) is 12.5 Å². The summed E-state index contributed by atoms with van der Waals surface area (Å²) in [5, 5.41) is 0. The molecule has 0 aromatic carbocycles. The number of nitrogens with zero attached hydrogens (tertiary/aromatic N) is 1. The van der Waals surface area contributed by atoms with Crippen LogP contribution in [0.1, 0.15) is 47.0 Å². The quantitative estimate of drug-likeness (QED) is 0.611. The highest BCUT2D eigenvalue weighted by Gasteiger charge is 2.32. The lowest BCUT2D eigenvalue weighted by molar-refractivity contribution is 0.314. The van der Waals surface area contributed by atoms with Crippen molar-refractivity contribution in [1.29, 1.82) is 0 Å². The maximum atomic E-state index is 4.62. The fraction of sp³-hybridized carbons (Fsp3) is 0.909. The lowest BCUT2D eigenvalue weighted by Gasteiger charge is -2.33. The van der Waals surface area contributed by atoms with Crippen LogP contribution in [0.3, 0.4) is 0 Å². The third-order valence-electron chi connectivity index (χ3n) is 3.54. The van der Waals surface area contributed by atoms with Gasteiger partial charge in [0.15, 0.2) is 0 Å². The molecule has 1 unspecified atom stereocenters. The topological polar surface area (TPSA) is 12.4 Å². The molecule has 1 nitrogen and oxygen atoms in total. The second-order valence-electron chi connectivity index (χ2n) is 4.36. The molecule has 1 aliphatic heterocycles. The summed E-state index contributed by atoms with van der Waals surface area (Å²) in [7, 11) is 0. The molecule has 0 radical (unpaired) electrons. The molecule has 0 fully saturated rings. The smallest absolute Gasteiger partial charge is 0.0392 e. The fourth-order valence-electron chi connectivity index (χ4n) is 1.95. The van der Waals surface area contributed by atoms with E-state index in [-0.39, 0.29) is 0 Å². The summed E-state index contributed by atoms with van der Waals surface area (Å²) in [6.45, 7) is 10.3. The highest BCUT2D eigenvalue weighted by molar-refractivity contribution is 5.91. The van der Waals surface area contributed by atoms with Crippen LogP contribution in [-0.2, 0) is 0 Å². The molecular formula is C11H21N. The minimum Gasteiger partial charge on any atom is -0.294 e. The van der Waals surface area contributed by atoms with E-state index in [1.165, 1.54) is 25.0 Å². The van der Waals surface area contributed by atoms with Gasteiger partial charge in [-0.25, -0.2) is 0 Å². The van der Waals surface area contributed by atoms with E-state index in [2.05, 4.69) is 32.7 Å². The van der Waals surface area contributed by atoms with Crippen molar-refractivity contribution in [3.8, 4) is 0 Å². The second-order valence-corrected chi connectivity index (χ2v) is 4.36. The molecule has 0 aliphatic carbocycles. The van der Waals surface area contributed by atoms with Gasteiger partial charge >= 0.3 is 0 Å². The van der Waals surface area contributed by atoms with Crippen molar-refractivity contribution in [2.24, 2.45) is 16.3 Å². The van der Waals surface area contributed by atoms with E-state index in [0.29, 0.717) is 5.41 Å². The van der Waals surface area contributed by atoms with Gasteiger partial charge in [0, 0.05) is 17.7 Å². The molecule has 0 aromatic rings. The molecule has 12 heavy (non-hydrogen) atoms. The van der Waals surface area contributed by atoms with Gasteiger partial charge < -0.3 is 0 Å². The van der Waals surface area contributed by atoms with Crippen LogP contribution in [0.4, 0.5) is 0 Å². The van der Waals surface area contributed by atoms with Gasteiger partial charge in [-0.05, 0) is 25.2 Å². The van der Waals surface area contributed by atoms with Crippen molar-refractivity contribution in [3.05, 3.63) is 0 Å². The average Bonchev–Trinajstić information content (AvgIpc) is 2.54. The van der Waals surface area contributed by atoms with E-state index in [9.17, 15) is 0 Å². The number of hydrogen-bond donors (Lipinski definition) is 0. The molecule has 1 aliphatic rings. The van der Waals surface area contributed by atoms with E-state index in [1.54, 1.807) is 0 Å². The molecule has 1 heterocycles. The second kappa shape index (κ2) is 3.59. The van der Waals surface area contributed by atoms with Gasteiger partial charge in [0.25, 0.3) is 0 Å². The van der Waals surface area contributed by atoms with Gasteiger partial charge in [0.2, 0.25) is 0 Å². The van der Waals surface area contributed by atoms with Crippen LogP contribution >= 0.6 is 0 Å².